The number of anilines is 1. The van der Waals surface area contributed by atoms with Crippen LogP contribution in [0, 0.1) is 6.92 Å². The molecule has 3 aromatic rings. The second kappa shape index (κ2) is 9.96. The van der Waals surface area contributed by atoms with Gasteiger partial charge in [0.1, 0.15) is 19.8 Å². The van der Waals surface area contributed by atoms with Gasteiger partial charge in [-0.3, -0.25) is 0 Å². The zero-order valence-electron chi connectivity index (χ0n) is 17.7. The van der Waals surface area contributed by atoms with Crippen LogP contribution in [0.2, 0.25) is 0 Å². The highest BCUT2D eigenvalue weighted by Crippen LogP contribution is 2.38. The van der Waals surface area contributed by atoms with Crippen molar-refractivity contribution in [1.82, 2.24) is 0 Å². The van der Waals surface area contributed by atoms with Gasteiger partial charge in [-0.15, -0.1) is 0 Å². The van der Waals surface area contributed by atoms with Crippen molar-refractivity contribution in [3.8, 4) is 23.0 Å². The van der Waals surface area contributed by atoms with Crippen LogP contribution in [0.4, 0.5) is 5.69 Å². The Balaban J connectivity index is 1.46. The van der Waals surface area contributed by atoms with Gasteiger partial charge in [-0.2, -0.15) is 0 Å². The van der Waals surface area contributed by atoms with Gasteiger partial charge in [0.25, 0.3) is 0 Å². The highest BCUT2D eigenvalue weighted by molar-refractivity contribution is 9.10. The molecule has 5 nitrogen and oxygen atoms in total. The molecule has 6 heteroatoms. The van der Waals surface area contributed by atoms with Crippen LogP contribution >= 0.6 is 15.9 Å². The van der Waals surface area contributed by atoms with Crippen LogP contribution in [0.3, 0.4) is 0 Å². The normalized spacial score (nSPS) is 12.4. The van der Waals surface area contributed by atoms with Gasteiger partial charge in [0.15, 0.2) is 23.0 Å². The lowest BCUT2D eigenvalue weighted by atomic mass is 10.1. The van der Waals surface area contributed by atoms with Crippen LogP contribution in [0.5, 0.6) is 23.0 Å². The van der Waals surface area contributed by atoms with Gasteiger partial charge >= 0.3 is 0 Å². The zero-order valence-corrected chi connectivity index (χ0v) is 19.3. The minimum Gasteiger partial charge on any atom is -0.490 e. The first kappa shape index (κ1) is 21.4. The molecule has 0 fully saturated rings. The van der Waals surface area contributed by atoms with Gasteiger partial charge < -0.3 is 24.3 Å². The van der Waals surface area contributed by atoms with Gasteiger partial charge in [-0.05, 0) is 65.2 Å². The van der Waals surface area contributed by atoms with E-state index >= 15 is 0 Å². The van der Waals surface area contributed by atoms with E-state index in [2.05, 4.69) is 58.5 Å². The molecule has 0 aliphatic carbocycles. The molecule has 0 aromatic heterocycles. The Labute approximate surface area is 191 Å². The van der Waals surface area contributed by atoms with E-state index in [0.29, 0.717) is 38.7 Å². The molecule has 0 spiro atoms. The van der Waals surface area contributed by atoms with Crippen LogP contribution in [0.1, 0.15) is 23.6 Å². The lowest BCUT2D eigenvalue weighted by Gasteiger charge is -2.19. The van der Waals surface area contributed by atoms with E-state index in [4.69, 9.17) is 18.9 Å². The maximum atomic E-state index is 6.10. The van der Waals surface area contributed by atoms with Crippen molar-refractivity contribution in [3.05, 3.63) is 75.8 Å². The lowest BCUT2D eigenvalue weighted by molar-refractivity contribution is 0.171. The van der Waals surface area contributed by atoms with E-state index in [9.17, 15) is 0 Å². The van der Waals surface area contributed by atoms with E-state index in [0.717, 1.165) is 38.5 Å². The predicted octanol–water partition coefficient (Wildman–Crippen LogP) is 6.12. The van der Waals surface area contributed by atoms with E-state index in [-0.39, 0.29) is 0 Å². The van der Waals surface area contributed by atoms with Gasteiger partial charge in [0.2, 0.25) is 0 Å². The van der Waals surface area contributed by atoms with Crippen LogP contribution in [0.25, 0.3) is 0 Å². The maximum absolute atomic E-state index is 6.10. The summed E-state index contributed by atoms with van der Waals surface area (Å²) in [5.41, 5.74) is 4.39. The quantitative estimate of drug-likeness (QED) is 0.418. The smallest absolute Gasteiger partial charge is 0.175 e. The number of hydrogen-bond donors (Lipinski definition) is 1. The molecular formula is C25H26BrNO4. The average Bonchev–Trinajstić information content (AvgIpc) is 2.78. The molecule has 4 rings (SSSR count). The van der Waals surface area contributed by atoms with Crippen molar-refractivity contribution in [1.29, 1.82) is 0 Å². The molecule has 0 unspecified atom stereocenters. The van der Waals surface area contributed by atoms with Crippen molar-refractivity contribution in [2.24, 2.45) is 0 Å². The highest BCUT2D eigenvalue weighted by Gasteiger charge is 2.14. The van der Waals surface area contributed by atoms with Crippen LogP contribution in [-0.4, -0.2) is 19.8 Å². The van der Waals surface area contributed by atoms with Gasteiger partial charge in [-0.1, -0.05) is 29.8 Å². The number of ether oxygens (including phenoxy) is 4. The van der Waals surface area contributed by atoms with E-state index in [1.54, 1.807) is 0 Å². The van der Waals surface area contributed by atoms with Crippen molar-refractivity contribution in [3.63, 3.8) is 0 Å². The third kappa shape index (κ3) is 5.44. The molecule has 0 atom stereocenters. The first-order chi connectivity index (χ1) is 15.1. The van der Waals surface area contributed by atoms with Crippen molar-refractivity contribution < 1.29 is 18.9 Å². The van der Waals surface area contributed by atoms with Gasteiger partial charge in [0, 0.05) is 18.3 Å². The Hall–Kier alpha value is -2.86. The summed E-state index contributed by atoms with van der Waals surface area (Å²) in [6.07, 6.45) is 0. The molecular weight excluding hydrogens is 458 g/mol. The Kier molecular flexibility index (Phi) is 6.87. The van der Waals surface area contributed by atoms with Crippen LogP contribution in [0.15, 0.2) is 59.1 Å². The molecule has 0 amide bonds. The highest BCUT2D eigenvalue weighted by atomic mass is 79.9. The third-order valence-electron chi connectivity index (χ3n) is 4.91. The zero-order chi connectivity index (χ0) is 21.6. The van der Waals surface area contributed by atoms with Crippen molar-refractivity contribution >= 4 is 21.6 Å². The largest absolute Gasteiger partial charge is 0.490 e. The number of hydrogen-bond acceptors (Lipinski definition) is 5. The molecule has 1 heterocycles. The van der Waals surface area contributed by atoms with Crippen LogP contribution in [-0.2, 0) is 13.2 Å². The summed E-state index contributed by atoms with van der Waals surface area (Å²) in [5.74, 6) is 2.99. The standard InChI is InChI=1S/C25H26BrNO4/c1-3-28-24-13-19(15-27-20-8-9-22-23(14-20)30-11-10-29-22)12-21(26)25(24)31-16-18-6-4-17(2)5-7-18/h4-9,12-14,27H,3,10-11,15-16H2,1-2H3. The Morgan fingerprint density at radius 2 is 1.68 bits per heavy atom. The monoisotopic (exact) mass is 483 g/mol. The number of halogens is 1. The summed E-state index contributed by atoms with van der Waals surface area (Å²) >= 11 is 3.66. The van der Waals surface area contributed by atoms with Gasteiger partial charge in [-0.25, -0.2) is 0 Å². The molecule has 162 valence electrons. The summed E-state index contributed by atoms with van der Waals surface area (Å²) in [5, 5.41) is 3.44. The summed E-state index contributed by atoms with van der Waals surface area (Å²) in [6.45, 7) is 6.89. The lowest BCUT2D eigenvalue weighted by Crippen LogP contribution is -2.15. The number of benzene rings is 3. The molecule has 0 saturated carbocycles. The number of aryl methyl sites for hydroxylation is 1. The molecule has 0 saturated heterocycles. The third-order valence-corrected chi connectivity index (χ3v) is 5.50. The minimum atomic E-state index is 0.480. The average molecular weight is 484 g/mol. The van der Waals surface area contributed by atoms with Crippen molar-refractivity contribution in [2.75, 3.05) is 25.1 Å². The summed E-state index contributed by atoms with van der Waals surface area (Å²) in [6, 6.07) is 18.3. The second-order valence-corrected chi connectivity index (χ2v) is 8.18. The summed E-state index contributed by atoms with van der Waals surface area (Å²) < 4.78 is 24.1. The maximum Gasteiger partial charge on any atom is 0.175 e. The topological polar surface area (TPSA) is 49.0 Å². The number of nitrogens with one attached hydrogen (secondary N) is 1. The fraction of sp³-hybridized carbons (Fsp3) is 0.280. The SMILES string of the molecule is CCOc1cc(CNc2ccc3c(c2)OCCO3)cc(Br)c1OCc1ccc(C)cc1. The summed E-state index contributed by atoms with van der Waals surface area (Å²) in [7, 11) is 0. The van der Waals surface area contributed by atoms with Gasteiger partial charge in [0.05, 0.1) is 11.1 Å². The van der Waals surface area contributed by atoms with Crippen LogP contribution < -0.4 is 24.3 Å². The molecule has 1 aliphatic heterocycles. The summed E-state index contributed by atoms with van der Waals surface area (Å²) in [4.78, 5) is 0. The molecule has 0 bridgehead atoms. The molecule has 1 aliphatic rings. The predicted molar refractivity (Wildman–Crippen MR) is 126 cm³/mol. The molecule has 31 heavy (non-hydrogen) atoms. The Bertz CT molecular complexity index is 1040. The Morgan fingerprint density at radius 3 is 2.45 bits per heavy atom. The van der Waals surface area contributed by atoms with E-state index in [1.165, 1.54) is 5.56 Å². The fourth-order valence-corrected chi connectivity index (χ4v) is 3.93. The number of fused-ring (bicyclic) bond motifs is 1. The van der Waals surface area contributed by atoms with E-state index in [1.807, 2.05) is 31.2 Å². The van der Waals surface area contributed by atoms with Crippen molar-refractivity contribution in [2.45, 2.75) is 27.0 Å². The number of rotatable bonds is 8. The minimum absolute atomic E-state index is 0.480. The molecule has 3 aromatic carbocycles. The Morgan fingerprint density at radius 1 is 0.903 bits per heavy atom. The first-order valence-electron chi connectivity index (χ1n) is 10.4. The first-order valence-corrected chi connectivity index (χ1v) is 11.2. The fourth-order valence-electron chi connectivity index (χ4n) is 3.32. The molecule has 1 N–H and O–H groups in total. The van der Waals surface area contributed by atoms with E-state index < -0.39 is 0 Å². The second-order valence-electron chi connectivity index (χ2n) is 7.32. The molecule has 0 radical (unpaired) electrons.